The van der Waals surface area contributed by atoms with Gasteiger partial charge in [0.05, 0.1) is 5.56 Å². The highest BCUT2D eigenvalue weighted by Crippen LogP contribution is 2.27. The van der Waals surface area contributed by atoms with E-state index in [2.05, 4.69) is 13.2 Å². The maximum atomic E-state index is 12.4. The number of hydrogen-bond acceptors (Lipinski definition) is 0. The summed E-state index contributed by atoms with van der Waals surface area (Å²) in [5, 5.41) is 1.06. The number of benzene rings is 1. The number of alkyl halides is 3. The minimum absolute atomic E-state index is 0.363. The van der Waals surface area contributed by atoms with Crippen LogP contribution in [0.1, 0.15) is 11.1 Å². The fourth-order valence-corrected chi connectivity index (χ4v) is 1.39. The van der Waals surface area contributed by atoms with Crippen molar-refractivity contribution in [2.75, 3.05) is 0 Å². The van der Waals surface area contributed by atoms with Gasteiger partial charge in [0.25, 0.3) is 0 Å². The lowest BCUT2D eigenvalue weighted by molar-refractivity contribution is -0.137. The second-order valence-electron chi connectivity index (χ2n) is 3.27. The van der Waals surface area contributed by atoms with Crippen molar-refractivity contribution in [2.24, 2.45) is 0 Å². The average Bonchev–Trinajstić information content (AvgIpc) is 2.09. The fourth-order valence-electron chi connectivity index (χ4n) is 1.39. The smallest absolute Gasteiger partial charge is 0.166 e. The minimum Gasteiger partial charge on any atom is -0.166 e. The van der Waals surface area contributed by atoms with Crippen LogP contribution in [0.2, 0.25) is 0 Å². The average molecular weight is 212 g/mol. The zero-order valence-electron chi connectivity index (χ0n) is 8.36. The summed E-state index contributed by atoms with van der Waals surface area (Å²) < 4.78 is 37.2. The molecule has 0 aliphatic carbocycles. The van der Waals surface area contributed by atoms with E-state index in [0.717, 1.165) is 12.1 Å². The normalized spacial score (nSPS) is 12.9. The van der Waals surface area contributed by atoms with E-state index in [9.17, 15) is 13.2 Å². The Hall–Kier alpha value is -1.51. The minimum atomic E-state index is -4.32. The van der Waals surface area contributed by atoms with Crippen LogP contribution in [0.15, 0.2) is 24.8 Å². The van der Waals surface area contributed by atoms with Gasteiger partial charge in [-0.15, -0.1) is 0 Å². The Labute approximate surface area is 86.0 Å². The first-order chi connectivity index (χ1) is 6.86. The van der Waals surface area contributed by atoms with Gasteiger partial charge in [0, 0.05) is 0 Å². The molecule has 80 valence electrons. The SMILES string of the molecule is C=C/C=c1/c(C)cc(C(F)(F)F)cc1=C. The van der Waals surface area contributed by atoms with Crippen molar-refractivity contribution in [3.05, 3.63) is 46.4 Å². The lowest BCUT2D eigenvalue weighted by Gasteiger charge is -2.07. The molecule has 0 aromatic heterocycles. The third-order valence-electron chi connectivity index (χ3n) is 2.08. The summed E-state index contributed by atoms with van der Waals surface area (Å²) >= 11 is 0. The number of aryl methyl sites for hydroxylation is 1. The molecule has 0 heterocycles. The highest BCUT2D eigenvalue weighted by molar-refractivity contribution is 5.41. The zero-order chi connectivity index (χ0) is 11.6. The Morgan fingerprint density at radius 1 is 1.27 bits per heavy atom. The Kier molecular flexibility index (Phi) is 3.03. The van der Waals surface area contributed by atoms with Gasteiger partial charge in [-0.3, -0.25) is 0 Å². The molecule has 0 saturated heterocycles. The van der Waals surface area contributed by atoms with Crippen LogP contribution in [0.5, 0.6) is 0 Å². The maximum absolute atomic E-state index is 12.4. The molecule has 0 aliphatic rings. The summed E-state index contributed by atoms with van der Waals surface area (Å²) in [5.74, 6) is 0. The molecule has 0 unspecified atom stereocenters. The van der Waals surface area contributed by atoms with E-state index in [0.29, 0.717) is 16.0 Å². The van der Waals surface area contributed by atoms with Gasteiger partial charge in [-0.05, 0) is 35.1 Å². The monoisotopic (exact) mass is 212 g/mol. The summed E-state index contributed by atoms with van der Waals surface area (Å²) in [6, 6.07) is 2.16. The number of hydrogen-bond donors (Lipinski definition) is 0. The van der Waals surface area contributed by atoms with Crippen LogP contribution in [-0.2, 0) is 6.18 Å². The Morgan fingerprint density at radius 2 is 1.87 bits per heavy atom. The van der Waals surface area contributed by atoms with Crippen LogP contribution < -0.4 is 10.4 Å². The largest absolute Gasteiger partial charge is 0.416 e. The van der Waals surface area contributed by atoms with Crippen molar-refractivity contribution in [2.45, 2.75) is 13.1 Å². The predicted octanol–water partition coefficient (Wildman–Crippen LogP) is 2.39. The van der Waals surface area contributed by atoms with Gasteiger partial charge >= 0.3 is 6.18 Å². The van der Waals surface area contributed by atoms with Crippen LogP contribution in [-0.4, -0.2) is 0 Å². The van der Waals surface area contributed by atoms with E-state index in [-0.39, 0.29) is 0 Å². The zero-order valence-corrected chi connectivity index (χ0v) is 8.36. The molecule has 15 heavy (non-hydrogen) atoms. The molecule has 0 nitrogen and oxygen atoms in total. The number of rotatable bonds is 1. The molecule has 1 rings (SSSR count). The first kappa shape index (κ1) is 11.6. The third kappa shape index (κ3) is 2.49. The van der Waals surface area contributed by atoms with Crippen molar-refractivity contribution < 1.29 is 13.2 Å². The van der Waals surface area contributed by atoms with Crippen molar-refractivity contribution in [1.29, 1.82) is 0 Å². The second-order valence-corrected chi connectivity index (χ2v) is 3.27. The molecule has 0 saturated carbocycles. The summed E-state index contributed by atoms with van der Waals surface area (Å²) in [4.78, 5) is 0. The molecule has 0 atom stereocenters. The molecule has 0 spiro atoms. The molecule has 3 heteroatoms. The maximum Gasteiger partial charge on any atom is 0.416 e. The van der Waals surface area contributed by atoms with Crippen LogP contribution >= 0.6 is 0 Å². The lowest BCUT2D eigenvalue weighted by atomic mass is 10.1. The predicted molar refractivity (Wildman–Crippen MR) is 55.6 cm³/mol. The molecule has 0 aliphatic heterocycles. The first-order valence-corrected chi connectivity index (χ1v) is 4.36. The standard InChI is InChI=1S/C12H11F3/c1-4-5-11-8(2)6-10(7-9(11)3)12(13,14)15/h4-7H,1-2H2,3H3/b11-5+. The molecule has 0 fully saturated rings. The van der Waals surface area contributed by atoms with Crippen LogP contribution in [0.4, 0.5) is 13.2 Å². The van der Waals surface area contributed by atoms with Crippen LogP contribution in [0, 0.1) is 6.92 Å². The van der Waals surface area contributed by atoms with Crippen LogP contribution in [0.25, 0.3) is 12.7 Å². The molecule has 0 N–H and O–H groups in total. The Morgan fingerprint density at radius 3 is 2.27 bits per heavy atom. The highest BCUT2D eigenvalue weighted by atomic mass is 19.4. The van der Waals surface area contributed by atoms with Crippen LogP contribution in [0.3, 0.4) is 0 Å². The summed E-state index contributed by atoms with van der Waals surface area (Å²) in [5.41, 5.74) is -0.110. The Balaban J connectivity index is 3.53. The van der Waals surface area contributed by atoms with E-state index in [4.69, 9.17) is 0 Å². The van der Waals surface area contributed by atoms with Gasteiger partial charge < -0.3 is 0 Å². The van der Waals surface area contributed by atoms with Crippen molar-refractivity contribution in [3.8, 4) is 0 Å². The van der Waals surface area contributed by atoms with E-state index in [1.165, 1.54) is 6.08 Å². The van der Waals surface area contributed by atoms with E-state index in [1.807, 2.05) is 0 Å². The van der Waals surface area contributed by atoms with Crippen molar-refractivity contribution >= 4 is 12.7 Å². The van der Waals surface area contributed by atoms with E-state index < -0.39 is 11.7 Å². The van der Waals surface area contributed by atoms with Gasteiger partial charge in [-0.25, -0.2) is 0 Å². The Bertz CT molecular complexity index is 481. The molecular formula is C12H11F3. The van der Waals surface area contributed by atoms with Crippen molar-refractivity contribution in [3.63, 3.8) is 0 Å². The van der Waals surface area contributed by atoms with Gasteiger partial charge in [0.1, 0.15) is 0 Å². The molecule has 0 bridgehead atoms. The molecular weight excluding hydrogens is 201 g/mol. The quantitative estimate of drug-likeness (QED) is 0.670. The van der Waals surface area contributed by atoms with E-state index >= 15 is 0 Å². The molecule has 1 aromatic rings. The topological polar surface area (TPSA) is 0 Å². The van der Waals surface area contributed by atoms with E-state index in [1.54, 1.807) is 13.0 Å². The van der Waals surface area contributed by atoms with Gasteiger partial charge in [0.2, 0.25) is 0 Å². The van der Waals surface area contributed by atoms with Gasteiger partial charge in [0.15, 0.2) is 0 Å². The number of allylic oxidation sites excluding steroid dienone is 1. The summed E-state index contributed by atoms with van der Waals surface area (Å²) in [6.07, 6.45) is -1.13. The molecule has 1 aromatic carbocycles. The highest BCUT2D eigenvalue weighted by Gasteiger charge is 2.30. The van der Waals surface area contributed by atoms with Gasteiger partial charge in [-0.2, -0.15) is 13.2 Å². The second kappa shape index (κ2) is 3.93. The summed E-state index contributed by atoms with van der Waals surface area (Å²) in [7, 11) is 0. The summed E-state index contributed by atoms with van der Waals surface area (Å²) in [6.45, 7) is 8.72. The lowest BCUT2D eigenvalue weighted by Crippen LogP contribution is -2.28. The molecule has 0 radical (unpaired) electrons. The first-order valence-electron chi connectivity index (χ1n) is 4.36. The molecule has 0 amide bonds. The fraction of sp³-hybridized carbons (Fsp3) is 0.167. The van der Waals surface area contributed by atoms with Gasteiger partial charge in [-0.1, -0.05) is 25.3 Å². The number of halogens is 3. The van der Waals surface area contributed by atoms with Crippen molar-refractivity contribution in [1.82, 2.24) is 0 Å². The third-order valence-corrected chi connectivity index (χ3v) is 2.08.